The van der Waals surface area contributed by atoms with E-state index >= 15 is 0 Å². The van der Waals surface area contributed by atoms with E-state index in [4.69, 9.17) is 0 Å². The first-order valence-electron chi connectivity index (χ1n) is 11.4. The van der Waals surface area contributed by atoms with Crippen molar-refractivity contribution in [3.05, 3.63) is 79.3 Å². The molecule has 4 aromatic rings. The summed E-state index contributed by atoms with van der Waals surface area (Å²) in [7, 11) is -3.78. The standard InChI is InChI=1S/C25H26N6O3S.2H2/c1-19(31-14-11-20-5-2-3-6-23(20)31)24(32)30-17-15-29(16-18-30)21-7-9-22(10-8-21)35(33,34)28-25-26-12-4-13-27-25;;/h2-14,19H,15-18H2,1H3,(H,26,27,28);2*1H/t19-;;/m0../s1. The molecular formula is C25H30N6O3S. The number of sulfonamides is 1. The van der Waals surface area contributed by atoms with Crippen LogP contribution in [0.15, 0.2) is 84.1 Å². The third kappa shape index (κ3) is 4.69. The molecule has 0 bridgehead atoms. The van der Waals surface area contributed by atoms with Crippen LogP contribution in [0, 0.1) is 0 Å². The second kappa shape index (κ2) is 9.38. The van der Waals surface area contributed by atoms with Gasteiger partial charge in [-0.3, -0.25) is 4.79 Å². The molecule has 0 radical (unpaired) electrons. The van der Waals surface area contributed by atoms with E-state index in [1.165, 1.54) is 12.4 Å². The van der Waals surface area contributed by atoms with E-state index in [0.29, 0.717) is 26.2 Å². The van der Waals surface area contributed by atoms with Gasteiger partial charge in [0.1, 0.15) is 6.04 Å². The number of nitrogens with zero attached hydrogens (tertiary/aromatic N) is 5. The molecule has 1 atom stereocenters. The highest BCUT2D eigenvalue weighted by atomic mass is 32.2. The van der Waals surface area contributed by atoms with Gasteiger partial charge in [-0.25, -0.2) is 23.1 Å². The quantitative estimate of drug-likeness (QED) is 0.439. The van der Waals surface area contributed by atoms with Gasteiger partial charge >= 0.3 is 0 Å². The van der Waals surface area contributed by atoms with Gasteiger partial charge in [0.25, 0.3) is 10.0 Å². The number of hydrogen-bond acceptors (Lipinski definition) is 6. The second-order valence-electron chi connectivity index (χ2n) is 8.44. The fraction of sp³-hybridized carbons (Fsp3) is 0.240. The maximum Gasteiger partial charge on any atom is 0.264 e. The molecule has 35 heavy (non-hydrogen) atoms. The SMILES string of the molecule is C[C@@H](C(=O)N1CCN(c2ccc(S(=O)(=O)Nc3ncccn3)cc2)CC1)n1ccc2ccccc21.[HH].[HH]. The van der Waals surface area contributed by atoms with Crippen LogP contribution in [-0.4, -0.2) is 59.9 Å². The van der Waals surface area contributed by atoms with Gasteiger partial charge in [0, 0.05) is 58.8 Å². The number of nitrogens with one attached hydrogen (secondary N) is 1. The van der Waals surface area contributed by atoms with Crippen LogP contribution in [0.2, 0.25) is 0 Å². The van der Waals surface area contributed by atoms with Crippen molar-refractivity contribution in [2.24, 2.45) is 0 Å². The highest BCUT2D eigenvalue weighted by molar-refractivity contribution is 7.92. The van der Waals surface area contributed by atoms with E-state index in [0.717, 1.165) is 16.6 Å². The Bertz CT molecular complexity index is 1440. The molecule has 0 unspecified atom stereocenters. The minimum atomic E-state index is -3.78. The Hall–Kier alpha value is -3.92. The molecule has 0 spiro atoms. The van der Waals surface area contributed by atoms with Gasteiger partial charge in [0.2, 0.25) is 11.9 Å². The van der Waals surface area contributed by atoms with Gasteiger partial charge < -0.3 is 14.4 Å². The van der Waals surface area contributed by atoms with Crippen molar-refractivity contribution in [2.45, 2.75) is 17.9 Å². The highest BCUT2D eigenvalue weighted by Crippen LogP contribution is 2.24. The molecule has 184 valence electrons. The monoisotopic (exact) mass is 494 g/mol. The summed E-state index contributed by atoms with van der Waals surface area (Å²) in [6.45, 7) is 4.50. The van der Waals surface area contributed by atoms with Crippen molar-refractivity contribution >= 4 is 38.5 Å². The number of aromatic nitrogens is 3. The van der Waals surface area contributed by atoms with E-state index in [9.17, 15) is 13.2 Å². The lowest BCUT2D eigenvalue weighted by Crippen LogP contribution is -2.50. The summed E-state index contributed by atoms with van der Waals surface area (Å²) in [5, 5.41) is 1.12. The van der Waals surface area contributed by atoms with Crippen molar-refractivity contribution in [1.29, 1.82) is 0 Å². The van der Waals surface area contributed by atoms with Crippen molar-refractivity contribution in [2.75, 3.05) is 35.8 Å². The molecule has 1 N–H and O–H groups in total. The molecule has 9 nitrogen and oxygen atoms in total. The lowest BCUT2D eigenvalue weighted by molar-refractivity contribution is -0.134. The summed E-state index contributed by atoms with van der Waals surface area (Å²) in [6.07, 6.45) is 4.91. The number of benzene rings is 2. The van der Waals surface area contributed by atoms with Gasteiger partial charge in [0.15, 0.2) is 0 Å². The number of para-hydroxylation sites is 1. The predicted molar refractivity (Wildman–Crippen MR) is 139 cm³/mol. The summed E-state index contributed by atoms with van der Waals surface area (Å²) in [5.74, 6) is 0.126. The molecule has 1 amide bonds. The number of amides is 1. The van der Waals surface area contributed by atoms with E-state index < -0.39 is 10.0 Å². The summed E-state index contributed by atoms with van der Waals surface area (Å²) in [4.78, 5) is 25.2. The van der Waals surface area contributed by atoms with Crippen molar-refractivity contribution < 1.29 is 16.1 Å². The molecule has 5 rings (SSSR count). The average molecular weight is 495 g/mol. The Morgan fingerprint density at radius 2 is 1.63 bits per heavy atom. The third-order valence-electron chi connectivity index (χ3n) is 6.30. The summed E-state index contributed by atoms with van der Waals surface area (Å²) in [6, 6.07) is 18.1. The van der Waals surface area contributed by atoms with E-state index in [2.05, 4.69) is 19.6 Å². The van der Waals surface area contributed by atoms with E-state index in [1.54, 1.807) is 30.3 Å². The molecule has 1 saturated heterocycles. The van der Waals surface area contributed by atoms with Crippen molar-refractivity contribution in [3.8, 4) is 0 Å². The molecule has 2 aromatic heterocycles. The number of piperazine rings is 1. The van der Waals surface area contributed by atoms with Gasteiger partial charge in [-0.2, -0.15) is 0 Å². The number of fused-ring (bicyclic) bond motifs is 1. The molecule has 3 heterocycles. The zero-order valence-electron chi connectivity index (χ0n) is 19.3. The Morgan fingerprint density at radius 3 is 2.34 bits per heavy atom. The maximum absolute atomic E-state index is 13.2. The number of carbonyl (C=O) groups is 1. The molecule has 10 heteroatoms. The first-order chi connectivity index (χ1) is 16.9. The third-order valence-corrected chi connectivity index (χ3v) is 7.64. The minimum Gasteiger partial charge on any atom is -0.368 e. The maximum atomic E-state index is 13.2. The Balaban J connectivity index is 0.00000190. The molecule has 2 aromatic carbocycles. The normalized spacial score (nSPS) is 15.2. The van der Waals surface area contributed by atoms with Crippen molar-refractivity contribution in [3.63, 3.8) is 0 Å². The summed E-state index contributed by atoms with van der Waals surface area (Å²) in [5.41, 5.74) is 1.96. The van der Waals surface area contributed by atoms with Gasteiger partial charge in [0.05, 0.1) is 4.90 Å². The van der Waals surface area contributed by atoms with E-state index in [1.807, 2.05) is 52.9 Å². The summed E-state index contributed by atoms with van der Waals surface area (Å²) < 4.78 is 29.6. The zero-order chi connectivity index (χ0) is 24.4. The smallest absolute Gasteiger partial charge is 0.264 e. The van der Waals surface area contributed by atoms with Crippen LogP contribution in [0.5, 0.6) is 0 Å². The average Bonchev–Trinajstić information content (AvgIpc) is 3.33. The first kappa shape index (κ1) is 22.9. The molecule has 1 aliphatic heterocycles. The lowest BCUT2D eigenvalue weighted by atomic mass is 10.2. The topological polar surface area (TPSA) is 100 Å². The van der Waals surface area contributed by atoms with Crippen LogP contribution in [0.4, 0.5) is 11.6 Å². The van der Waals surface area contributed by atoms with Crippen LogP contribution in [0.3, 0.4) is 0 Å². The zero-order valence-corrected chi connectivity index (χ0v) is 20.1. The van der Waals surface area contributed by atoms with Crippen LogP contribution in [-0.2, 0) is 14.8 Å². The van der Waals surface area contributed by atoms with Gasteiger partial charge in [-0.15, -0.1) is 0 Å². The first-order valence-corrected chi connectivity index (χ1v) is 12.9. The molecule has 0 aliphatic carbocycles. The largest absolute Gasteiger partial charge is 0.368 e. The fourth-order valence-corrected chi connectivity index (χ4v) is 5.34. The molecule has 0 saturated carbocycles. The van der Waals surface area contributed by atoms with Gasteiger partial charge in [-0.05, 0) is 54.8 Å². The second-order valence-corrected chi connectivity index (χ2v) is 10.1. The van der Waals surface area contributed by atoms with Crippen LogP contribution in [0.1, 0.15) is 15.8 Å². The van der Waals surface area contributed by atoms with Crippen molar-refractivity contribution in [1.82, 2.24) is 19.4 Å². The number of carbonyl (C=O) groups excluding carboxylic acids is 1. The van der Waals surface area contributed by atoms with E-state index in [-0.39, 0.29) is 25.6 Å². The molecule has 1 aliphatic rings. The Kier molecular flexibility index (Phi) is 6.12. The Labute approximate surface area is 207 Å². The predicted octanol–water partition coefficient (Wildman–Crippen LogP) is 3.63. The van der Waals surface area contributed by atoms with Gasteiger partial charge in [-0.1, -0.05) is 18.2 Å². The number of hydrogen-bond donors (Lipinski definition) is 1. The Morgan fingerprint density at radius 1 is 0.943 bits per heavy atom. The van der Waals surface area contributed by atoms with Crippen LogP contribution in [0.25, 0.3) is 10.9 Å². The summed E-state index contributed by atoms with van der Waals surface area (Å²) >= 11 is 0. The fourth-order valence-electron chi connectivity index (χ4n) is 4.38. The number of anilines is 2. The van der Waals surface area contributed by atoms with Crippen LogP contribution < -0.4 is 9.62 Å². The number of rotatable bonds is 6. The molecule has 1 fully saturated rings. The highest BCUT2D eigenvalue weighted by Gasteiger charge is 2.26. The van der Waals surface area contributed by atoms with Crippen LogP contribution >= 0.6 is 0 Å². The molecular weight excluding hydrogens is 464 g/mol. The minimum absolute atomic E-state index is 0. The lowest BCUT2D eigenvalue weighted by Gasteiger charge is -2.37.